The van der Waals surface area contributed by atoms with Crippen LogP contribution in [0.1, 0.15) is 22.9 Å². The summed E-state index contributed by atoms with van der Waals surface area (Å²) in [6.07, 6.45) is 1.02. The SMILES string of the molecule is Cc1ccc(C(O)c2ccn(C)n2)c(Cl)c1. The van der Waals surface area contributed by atoms with Gasteiger partial charge in [-0.1, -0.05) is 23.7 Å². The Bertz CT molecular complexity index is 507. The number of aryl methyl sites for hydroxylation is 2. The van der Waals surface area contributed by atoms with Crippen molar-refractivity contribution in [3.05, 3.63) is 52.3 Å². The van der Waals surface area contributed by atoms with E-state index in [4.69, 9.17) is 11.6 Å². The molecule has 2 rings (SSSR count). The van der Waals surface area contributed by atoms with E-state index in [9.17, 15) is 5.11 Å². The highest BCUT2D eigenvalue weighted by Gasteiger charge is 2.15. The van der Waals surface area contributed by atoms with Crippen LogP contribution >= 0.6 is 11.6 Å². The molecule has 0 amide bonds. The van der Waals surface area contributed by atoms with Crippen LogP contribution < -0.4 is 0 Å². The average Bonchev–Trinajstić information content (AvgIpc) is 2.64. The van der Waals surface area contributed by atoms with Crippen LogP contribution in [0.4, 0.5) is 0 Å². The van der Waals surface area contributed by atoms with E-state index in [1.807, 2.05) is 32.2 Å². The lowest BCUT2D eigenvalue weighted by Crippen LogP contribution is -2.02. The maximum absolute atomic E-state index is 10.1. The van der Waals surface area contributed by atoms with Gasteiger partial charge in [-0.05, 0) is 24.6 Å². The molecule has 0 saturated carbocycles. The van der Waals surface area contributed by atoms with Crippen molar-refractivity contribution in [3.8, 4) is 0 Å². The second kappa shape index (κ2) is 4.28. The van der Waals surface area contributed by atoms with Crippen LogP contribution in [0, 0.1) is 6.92 Å². The summed E-state index contributed by atoms with van der Waals surface area (Å²) in [4.78, 5) is 0. The minimum Gasteiger partial charge on any atom is -0.382 e. The number of aliphatic hydroxyl groups is 1. The normalized spacial score (nSPS) is 12.8. The first-order chi connectivity index (χ1) is 7.58. The quantitative estimate of drug-likeness (QED) is 0.870. The molecule has 3 nitrogen and oxygen atoms in total. The number of rotatable bonds is 2. The van der Waals surface area contributed by atoms with E-state index in [1.165, 1.54) is 0 Å². The summed E-state index contributed by atoms with van der Waals surface area (Å²) in [6.45, 7) is 1.96. The standard InChI is InChI=1S/C12H13ClN2O/c1-8-3-4-9(10(13)7-8)12(16)11-5-6-15(2)14-11/h3-7,12,16H,1-2H3. The summed E-state index contributed by atoms with van der Waals surface area (Å²) < 4.78 is 1.65. The molecule has 1 aromatic heterocycles. The Kier molecular flexibility index (Phi) is 2.99. The zero-order valence-electron chi connectivity index (χ0n) is 9.18. The molecule has 1 unspecified atom stereocenters. The van der Waals surface area contributed by atoms with Gasteiger partial charge in [0.05, 0.1) is 5.69 Å². The minimum absolute atomic E-state index is 0.568. The predicted molar refractivity (Wildman–Crippen MR) is 63.5 cm³/mol. The van der Waals surface area contributed by atoms with Crippen molar-refractivity contribution < 1.29 is 5.11 Å². The van der Waals surface area contributed by atoms with E-state index in [1.54, 1.807) is 16.9 Å². The van der Waals surface area contributed by atoms with E-state index in [2.05, 4.69) is 5.10 Å². The Morgan fingerprint density at radius 3 is 2.69 bits per heavy atom. The van der Waals surface area contributed by atoms with Gasteiger partial charge < -0.3 is 5.11 Å². The summed E-state index contributed by atoms with van der Waals surface area (Å²) in [5.41, 5.74) is 2.36. The molecule has 0 radical (unpaired) electrons. The van der Waals surface area contributed by atoms with Crippen LogP contribution in [0.3, 0.4) is 0 Å². The molecule has 4 heteroatoms. The topological polar surface area (TPSA) is 38.0 Å². The molecule has 0 aliphatic heterocycles. The summed E-state index contributed by atoms with van der Waals surface area (Å²) in [5, 5.41) is 14.8. The molecule has 1 atom stereocenters. The van der Waals surface area contributed by atoms with Crippen molar-refractivity contribution in [2.75, 3.05) is 0 Å². The van der Waals surface area contributed by atoms with Gasteiger partial charge in [-0.15, -0.1) is 0 Å². The zero-order valence-corrected chi connectivity index (χ0v) is 9.94. The largest absolute Gasteiger partial charge is 0.382 e. The van der Waals surface area contributed by atoms with Crippen LogP contribution in [-0.4, -0.2) is 14.9 Å². The van der Waals surface area contributed by atoms with Crippen molar-refractivity contribution in [1.82, 2.24) is 9.78 Å². The van der Waals surface area contributed by atoms with E-state index in [-0.39, 0.29) is 0 Å². The van der Waals surface area contributed by atoms with E-state index < -0.39 is 6.10 Å². The fourth-order valence-electron chi connectivity index (χ4n) is 1.59. The first kappa shape index (κ1) is 11.2. The van der Waals surface area contributed by atoms with Gasteiger partial charge in [-0.3, -0.25) is 4.68 Å². The second-order valence-corrected chi connectivity index (χ2v) is 4.25. The van der Waals surface area contributed by atoms with Crippen LogP contribution in [0.5, 0.6) is 0 Å². The molecule has 0 aliphatic rings. The van der Waals surface area contributed by atoms with Gasteiger partial charge in [0.25, 0.3) is 0 Å². The smallest absolute Gasteiger partial charge is 0.124 e. The minimum atomic E-state index is -0.769. The van der Waals surface area contributed by atoms with Gasteiger partial charge in [-0.2, -0.15) is 5.10 Å². The van der Waals surface area contributed by atoms with Crippen molar-refractivity contribution in [3.63, 3.8) is 0 Å². The molecule has 0 aliphatic carbocycles. The van der Waals surface area contributed by atoms with Crippen molar-refractivity contribution >= 4 is 11.6 Å². The molecule has 2 aromatic rings. The predicted octanol–water partition coefficient (Wildman–Crippen LogP) is 2.46. The maximum Gasteiger partial charge on any atom is 0.124 e. The number of hydrogen-bond acceptors (Lipinski definition) is 2. The Hall–Kier alpha value is -1.32. The van der Waals surface area contributed by atoms with Gasteiger partial charge in [-0.25, -0.2) is 0 Å². The van der Waals surface area contributed by atoms with Gasteiger partial charge in [0.2, 0.25) is 0 Å². The average molecular weight is 237 g/mol. The van der Waals surface area contributed by atoms with Gasteiger partial charge >= 0.3 is 0 Å². The number of aromatic nitrogens is 2. The molecule has 0 spiro atoms. The van der Waals surface area contributed by atoms with Gasteiger partial charge in [0.15, 0.2) is 0 Å². The van der Waals surface area contributed by atoms with Gasteiger partial charge in [0.1, 0.15) is 6.10 Å². The fraction of sp³-hybridized carbons (Fsp3) is 0.250. The van der Waals surface area contributed by atoms with E-state index >= 15 is 0 Å². The molecule has 1 heterocycles. The summed E-state index contributed by atoms with van der Waals surface area (Å²) in [6, 6.07) is 7.37. The highest BCUT2D eigenvalue weighted by atomic mass is 35.5. The summed E-state index contributed by atoms with van der Waals surface area (Å²) in [5.74, 6) is 0. The number of benzene rings is 1. The van der Waals surface area contributed by atoms with Crippen LogP contribution in [0.2, 0.25) is 5.02 Å². The lowest BCUT2D eigenvalue weighted by Gasteiger charge is -2.10. The highest BCUT2D eigenvalue weighted by molar-refractivity contribution is 6.31. The maximum atomic E-state index is 10.1. The monoisotopic (exact) mass is 236 g/mol. The molecule has 0 fully saturated rings. The Labute approximate surface area is 99.3 Å². The zero-order chi connectivity index (χ0) is 11.7. The first-order valence-corrected chi connectivity index (χ1v) is 5.39. The van der Waals surface area contributed by atoms with Gasteiger partial charge in [0, 0.05) is 23.8 Å². The number of nitrogens with zero attached hydrogens (tertiary/aromatic N) is 2. The number of halogens is 1. The van der Waals surface area contributed by atoms with Crippen LogP contribution in [-0.2, 0) is 7.05 Å². The molecule has 84 valence electrons. The fourth-order valence-corrected chi connectivity index (χ4v) is 1.93. The van der Waals surface area contributed by atoms with Crippen molar-refractivity contribution in [1.29, 1.82) is 0 Å². The molecule has 1 N–H and O–H groups in total. The molecular weight excluding hydrogens is 224 g/mol. The molecule has 0 bridgehead atoms. The highest BCUT2D eigenvalue weighted by Crippen LogP contribution is 2.27. The van der Waals surface area contributed by atoms with Crippen LogP contribution in [0.15, 0.2) is 30.5 Å². The third kappa shape index (κ3) is 2.10. The van der Waals surface area contributed by atoms with E-state index in [0.717, 1.165) is 5.56 Å². The molecule has 0 saturated heterocycles. The summed E-state index contributed by atoms with van der Waals surface area (Å²) in [7, 11) is 1.81. The Morgan fingerprint density at radius 2 is 2.12 bits per heavy atom. The van der Waals surface area contributed by atoms with Crippen molar-refractivity contribution in [2.24, 2.45) is 7.05 Å². The van der Waals surface area contributed by atoms with E-state index in [0.29, 0.717) is 16.3 Å². The lowest BCUT2D eigenvalue weighted by molar-refractivity contribution is 0.214. The Balaban J connectivity index is 2.37. The lowest BCUT2D eigenvalue weighted by atomic mass is 10.1. The van der Waals surface area contributed by atoms with Crippen molar-refractivity contribution in [2.45, 2.75) is 13.0 Å². The number of aliphatic hydroxyl groups excluding tert-OH is 1. The molecule has 16 heavy (non-hydrogen) atoms. The number of hydrogen-bond donors (Lipinski definition) is 1. The summed E-state index contributed by atoms with van der Waals surface area (Å²) >= 11 is 6.09. The first-order valence-electron chi connectivity index (χ1n) is 5.01. The molecular formula is C12H13ClN2O. The third-order valence-electron chi connectivity index (χ3n) is 2.46. The van der Waals surface area contributed by atoms with Crippen LogP contribution in [0.25, 0.3) is 0 Å². The molecule has 1 aromatic carbocycles. The second-order valence-electron chi connectivity index (χ2n) is 3.84. The third-order valence-corrected chi connectivity index (χ3v) is 2.79. The Morgan fingerprint density at radius 1 is 1.38 bits per heavy atom.